The molecule has 1 aromatic carbocycles. The largest absolute Gasteiger partial charge is 0.468 e. The van der Waals surface area contributed by atoms with Gasteiger partial charge in [-0.3, -0.25) is 11.4 Å². The third-order valence-electron chi connectivity index (χ3n) is 3.43. The smallest absolute Gasteiger partial charge is 0.312 e. The number of carbonyl (C=O) groups is 1. The summed E-state index contributed by atoms with van der Waals surface area (Å²) in [5.41, 5.74) is 1.91. The van der Waals surface area contributed by atoms with Crippen LogP contribution in [-0.4, -0.2) is 13.1 Å². The summed E-state index contributed by atoms with van der Waals surface area (Å²) in [6, 6.07) is 8.02. The van der Waals surface area contributed by atoms with Gasteiger partial charge in [0, 0.05) is 19.5 Å². The number of ether oxygens (including phenoxy) is 1. The van der Waals surface area contributed by atoms with Crippen LogP contribution in [0.5, 0.6) is 0 Å². The van der Waals surface area contributed by atoms with Crippen LogP contribution in [0.25, 0.3) is 5.57 Å². The molecule has 106 valence electrons. The Morgan fingerprint density at radius 2 is 1.50 bits per heavy atom. The molecule has 0 saturated carbocycles. The second kappa shape index (κ2) is 6.67. The van der Waals surface area contributed by atoms with Gasteiger partial charge >= 0.3 is 5.97 Å². The summed E-state index contributed by atoms with van der Waals surface area (Å²) in [6.45, 7) is 16.1. The number of carbonyl (C=O) groups excluding carboxylic acids is 1. The maximum absolute atomic E-state index is 11.8. The molecule has 0 N–H and O–H groups in total. The van der Waals surface area contributed by atoms with E-state index < -0.39 is 5.41 Å². The Morgan fingerprint density at radius 3 is 1.85 bits per heavy atom. The molecule has 0 aliphatic heterocycles. The number of benzene rings is 1. The van der Waals surface area contributed by atoms with Gasteiger partial charge in [-0.2, -0.15) is 5.56 Å². The molecule has 3 heteroatoms. The molecule has 20 heavy (non-hydrogen) atoms. The predicted molar refractivity (Wildman–Crippen MR) is 78.6 cm³/mol. The normalized spacial score (nSPS) is 11.5. The first-order valence-corrected chi connectivity index (χ1v) is 6.43. The summed E-state index contributed by atoms with van der Waals surface area (Å²) in [4.78, 5) is 11.8. The third kappa shape index (κ3) is 4.02. The molecule has 0 aromatic heterocycles. The van der Waals surface area contributed by atoms with Crippen LogP contribution < -0.4 is 0 Å². The Hall–Kier alpha value is -0.947. The van der Waals surface area contributed by atoms with Crippen molar-refractivity contribution in [2.24, 2.45) is 5.41 Å². The Bertz CT molecular complexity index is 479. The maximum Gasteiger partial charge on any atom is 0.312 e. The zero-order valence-electron chi connectivity index (χ0n) is 13.4. The molecule has 0 aliphatic rings. The van der Waals surface area contributed by atoms with Crippen molar-refractivity contribution in [1.82, 2.24) is 0 Å². The van der Waals surface area contributed by atoms with Crippen molar-refractivity contribution in [2.75, 3.05) is 7.11 Å². The summed E-state index contributed by atoms with van der Waals surface area (Å²) in [7, 11) is 1.38. The van der Waals surface area contributed by atoms with E-state index in [1.807, 2.05) is 12.1 Å². The van der Waals surface area contributed by atoms with Crippen LogP contribution in [0.2, 0.25) is 0 Å². The minimum atomic E-state index is -0.821. The van der Waals surface area contributed by atoms with E-state index in [9.17, 15) is 4.79 Å². The summed E-state index contributed by atoms with van der Waals surface area (Å²) in [5, 5.41) is 0. The van der Waals surface area contributed by atoms with Crippen LogP contribution in [0.3, 0.4) is 0 Å². The average Bonchev–Trinajstić information content (AvgIpc) is 2.35. The maximum atomic E-state index is 11.8. The Kier molecular flexibility index (Phi) is 6.36. The molecular weight excluding hydrogens is 302 g/mol. The monoisotopic (exact) mass is 323 g/mol. The van der Waals surface area contributed by atoms with Crippen molar-refractivity contribution < 1.29 is 29.0 Å². The van der Waals surface area contributed by atoms with Crippen LogP contribution in [0.4, 0.5) is 0 Å². The summed E-state index contributed by atoms with van der Waals surface area (Å²) in [5.74, 6) is -0.329. The second-order valence-electron chi connectivity index (χ2n) is 6.36. The molecule has 0 bridgehead atoms. The number of hydrogen-bond acceptors (Lipinski definition) is 2. The fourth-order valence-corrected chi connectivity index (χ4v) is 1.88. The summed E-state index contributed by atoms with van der Waals surface area (Å²) in [6.07, 6.45) is 0. The molecule has 1 aromatic rings. The molecule has 0 amide bonds. The molecule has 2 nitrogen and oxygen atoms in total. The van der Waals surface area contributed by atoms with Gasteiger partial charge in [-0.1, -0.05) is 32.9 Å². The standard InChI is InChI=1S/C17H23O2.Zn/c1-12(17(5,6)15(18)19-7)13-8-10-14(11-9-13)16(2,3)4;/h1,8-11H,2-7H3;/q-1;. The van der Waals surface area contributed by atoms with Gasteiger partial charge in [-0.05, 0) is 24.8 Å². The molecule has 0 radical (unpaired) electrons. The minimum Gasteiger partial charge on any atom is -0.468 e. The average molecular weight is 325 g/mol. The van der Waals surface area contributed by atoms with E-state index in [-0.39, 0.29) is 30.9 Å². The third-order valence-corrected chi connectivity index (χ3v) is 3.43. The van der Waals surface area contributed by atoms with E-state index in [2.05, 4.69) is 32.9 Å². The van der Waals surface area contributed by atoms with Gasteiger partial charge < -0.3 is 4.74 Å². The number of rotatable bonds is 3. The van der Waals surface area contributed by atoms with Crippen molar-refractivity contribution >= 4 is 11.5 Å². The SMILES string of the molecule is [CH-]=C(c1ccc(C(C)(C)C)cc1)C(C)(C)C(=O)OC.[Zn]. The Morgan fingerprint density at radius 1 is 1.05 bits per heavy atom. The van der Waals surface area contributed by atoms with Crippen LogP contribution in [0, 0.1) is 12.0 Å². The molecule has 1 rings (SSSR count). The van der Waals surface area contributed by atoms with Gasteiger partial charge in [0.2, 0.25) is 0 Å². The molecule has 0 fully saturated rings. The fourth-order valence-electron chi connectivity index (χ4n) is 1.88. The van der Waals surface area contributed by atoms with E-state index in [1.54, 1.807) is 13.8 Å². The van der Waals surface area contributed by atoms with E-state index in [4.69, 9.17) is 11.3 Å². The van der Waals surface area contributed by atoms with E-state index in [0.29, 0.717) is 5.57 Å². The topological polar surface area (TPSA) is 26.3 Å². The molecule has 0 saturated heterocycles. The van der Waals surface area contributed by atoms with Crippen molar-refractivity contribution in [3.05, 3.63) is 42.0 Å². The van der Waals surface area contributed by atoms with Gasteiger partial charge in [0.15, 0.2) is 0 Å². The second-order valence-corrected chi connectivity index (χ2v) is 6.36. The van der Waals surface area contributed by atoms with Crippen LogP contribution in [-0.2, 0) is 34.4 Å². The first kappa shape index (κ1) is 19.1. The van der Waals surface area contributed by atoms with Gasteiger partial charge in [0.05, 0.1) is 12.5 Å². The van der Waals surface area contributed by atoms with E-state index in [0.717, 1.165) is 5.56 Å². The van der Waals surface area contributed by atoms with Crippen LogP contribution >= 0.6 is 0 Å². The first-order valence-electron chi connectivity index (χ1n) is 6.43. The van der Waals surface area contributed by atoms with Crippen molar-refractivity contribution in [1.29, 1.82) is 0 Å². The zero-order chi connectivity index (χ0) is 14.8. The molecule has 0 aliphatic carbocycles. The van der Waals surface area contributed by atoms with Gasteiger partial charge in [-0.15, -0.1) is 12.1 Å². The molecule has 0 unspecified atom stereocenters. The molecule has 0 heterocycles. The number of esters is 1. The van der Waals surface area contributed by atoms with Gasteiger partial charge in [-0.25, -0.2) is 5.57 Å². The minimum absolute atomic E-state index is 0. The van der Waals surface area contributed by atoms with Crippen molar-refractivity contribution in [2.45, 2.75) is 40.0 Å². The van der Waals surface area contributed by atoms with Crippen LogP contribution in [0.15, 0.2) is 24.3 Å². The molecule has 0 atom stereocenters. The van der Waals surface area contributed by atoms with Crippen molar-refractivity contribution in [3.8, 4) is 0 Å². The van der Waals surface area contributed by atoms with Gasteiger partial charge in [0.25, 0.3) is 0 Å². The van der Waals surface area contributed by atoms with Crippen LogP contribution in [0.1, 0.15) is 45.7 Å². The zero-order valence-corrected chi connectivity index (χ0v) is 16.4. The van der Waals surface area contributed by atoms with Gasteiger partial charge in [0.1, 0.15) is 0 Å². The van der Waals surface area contributed by atoms with E-state index >= 15 is 0 Å². The summed E-state index contributed by atoms with van der Waals surface area (Å²) >= 11 is 0. The first-order chi connectivity index (χ1) is 8.60. The molecular formula is C17H23O2Zn-. The fraction of sp³-hybridized carbons (Fsp3) is 0.471. The number of methoxy groups -OCH3 is 1. The number of hydrogen-bond donors (Lipinski definition) is 0. The molecule has 0 spiro atoms. The summed E-state index contributed by atoms with van der Waals surface area (Å²) < 4.78 is 4.80. The quantitative estimate of drug-likeness (QED) is 0.477. The van der Waals surface area contributed by atoms with E-state index in [1.165, 1.54) is 12.7 Å². The van der Waals surface area contributed by atoms with Crippen molar-refractivity contribution in [3.63, 3.8) is 0 Å². The predicted octanol–water partition coefficient (Wildman–Crippen LogP) is 4.00. The Balaban J connectivity index is 0.00000361. The Labute approximate surface area is 135 Å².